The van der Waals surface area contributed by atoms with Crippen LogP contribution in [0.15, 0.2) is 42.9 Å². The number of carbonyl (C=O) groups is 1. The zero-order valence-electron chi connectivity index (χ0n) is 15.4. The van der Waals surface area contributed by atoms with E-state index < -0.39 is 0 Å². The first-order valence-corrected chi connectivity index (χ1v) is 9.71. The second kappa shape index (κ2) is 8.20. The Kier molecular flexibility index (Phi) is 5.32. The average Bonchev–Trinajstić information content (AvgIpc) is 2.93. The van der Waals surface area contributed by atoms with Gasteiger partial charge in [0, 0.05) is 49.1 Å². The molecule has 1 saturated heterocycles. The lowest BCUT2D eigenvalue weighted by Crippen LogP contribution is -2.32. The first kappa shape index (κ1) is 17.5. The van der Waals surface area contributed by atoms with Gasteiger partial charge in [-0.2, -0.15) is 0 Å². The van der Waals surface area contributed by atoms with Crippen LogP contribution in [0, 0.1) is 0 Å². The van der Waals surface area contributed by atoms with Crippen LogP contribution in [-0.4, -0.2) is 45.4 Å². The van der Waals surface area contributed by atoms with Crippen molar-refractivity contribution in [2.45, 2.75) is 32.1 Å². The van der Waals surface area contributed by atoms with Gasteiger partial charge in [0.2, 0.25) is 5.95 Å². The van der Waals surface area contributed by atoms with E-state index in [1.54, 1.807) is 12.4 Å². The molecule has 1 aliphatic heterocycles. The van der Waals surface area contributed by atoms with E-state index in [4.69, 9.17) is 0 Å². The molecule has 2 N–H and O–H groups in total. The summed E-state index contributed by atoms with van der Waals surface area (Å²) >= 11 is 0. The molecule has 6 heteroatoms. The number of aromatic amines is 1. The number of nitrogens with one attached hydrogen (secondary N) is 2. The Hall–Kier alpha value is -2.89. The summed E-state index contributed by atoms with van der Waals surface area (Å²) in [5.74, 6) is 0.601. The van der Waals surface area contributed by atoms with E-state index in [-0.39, 0.29) is 5.91 Å². The van der Waals surface area contributed by atoms with Crippen molar-refractivity contribution >= 4 is 22.8 Å². The van der Waals surface area contributed by atoms with Crippen molar-refractivity contribution in [3.63, 3.8) is 0 Å². The number of para-hydroxylation sites is 1. The molecule has 140 valence electrons. The predicted octanol–water partition coefficient (Wildman–Crippen LogP) is 3.63. The fourth-order valence-electron chi connectivity index (χ4n) is 3.63. The quantitative estimate of drug-likeness (QED) is 0.726. The van der Waals surface area contributed by atoms with Gasteiger partial charge in [0.05, 0.1) is 5.56 Å². The maximum absolute atomic E-state index is 12.6. The lowest BCUT2D eigenvalue weighted by Gasteiger charge is -2.19. The molecule has 0 bridgehead atoms. The third-order valence-electron chi connectivity index (χ3n) is 5.14. The van der Waals surface area contributed by atoms with Crippen molar-refractivity contribution in [2.24, 2.45) is 0 Å². The fraction of sp³-hybridized carbons (Fsp3) is 0.381. The number of anilines is 1. The molecule has 0 saturated carbocycles. The molecule has 2 aromatic heterocycles. The summed E-state index contributed by atoms with van der Waals surface area (Å²) in [7, 11) is 0. The third-order valence-corrected chi connectivity index (χ3v) is 5.14. The summed E-state index contributed by atoms with van der Waals surface area (Å²) in [4.78, 5) is 26.4. The number of likely N-dealkylation sites (tertiary alicyclic amines) is 1. The molecule has 3 aromatic rings. The minimum Gasteiger partial charge on any atom is -0.361 e. The number of fused-ring (bicyclic) bond motifs is 1. The van der Waals surface area contributed by atoms with Gasteiger partial charge in [0.25, 0.3) is 5.91 Å². The number of carbonyl (C=O) groups excluding carboxylic acids is 1. The van der Waals surface area contributed by atoms with E-state index >= 15 is 0 Å². The first-order chi connectivity index (χ1) is 13.3. The molecule has 0 atom stereocenters. The van der Waals surface area contributed by atoms with Crippen LogP contribution in [0.4, 0.5) is 5.95 Å². The zero-order chi connectivity index (χ0) is 18.5. The van der Waals surface area contributed by atoms with Crippen LogP contribution in [0.3, 0.4) is 0 Å². The van der Waals surface area contributed by atoms with Crippen molar-refractivity contribution < 1.29 is 4.79 Å². The number of hydrogen-bond donors (Lipinski definition) is 2. The van der Waals surface area contributed by atoms with E-state index in [1.807, 2.05) is 11.0 Å². The maximum Gasteiger partial charge on any atom is 0.256 e. The molecule has 0 spiro atoms. The molecule has 1 aliphatic rings. The highest BCUT2D eigenvalue weighted by Crippen LogP contribution is 2.18. The molecular formula is C21H25N5O. The summed E-state index contributed by atoms with van der Waals surface area (Å²) < 4.78 is 0. The van der Waals surface area contributed by atoms with Crippen molar-refractivity contribution in [3.8, 4) is 0 Å². The van der Waals surface area contributed by atoms with Gasteiger partial charge in [-0.05, 0) is 30.9 Å². The van der Waals surface area contributed by atoms with Crippen molar-refractivity contribution in [3.05, 3.63) is 54.0 Å². The highest BCUT2D eigenvalue weighted by atomic mass is 16.2. The van der Waals surface area contributed by atoms with E-state index in [2.05, 4.69) is 44.7 Å². The van der Waals surface area contributed by atoms with Gasteiger partial charge in [-0.25, -0.2) is 9.97 Å². The maximum atomic E-state index is 12.6. The Morgan fingerprint density at radius 1 is 1.07 bits per heavy atom. The minimum atomic E-state index is 0.0437. The predicted molar refractivity (Wildman–Crippen MR) is 107 cm³/mol. The van der Waals surface area contributed by atoms with Crippen LogP contribution in [0.5, 0.6) is 0 Å². The second-order valence-corrected chi connectivity index (χ2v) is 7.04. The van der Waals surface area contributed by atoms with Crippen LogP contribution in [0.25, 0.3) is 10.9 Å². The van der Waals surface area contributed by atoms with Crippen molar-refractivity contribution in [1.82, 2.24) is 19.9 Å². The van der Waals surface area contributed by atoms with Crippen LogP contribution < -0.4 is 5.32 Å². The number of rotatable bonds is 5. The number of amides is 1. The van der Waals surface area contributed by atoms with Gasteiger partial charge >= 0.3 is 0 Å². The molecule has 1 amide bonds. The molecule has 0 aliphatic carbocycles. The average molecular weight is 363 g/mol. The van der Waals surface area contributed by atoms with Gasteiger partial charge in [0.1, 0.15) is 0 Å². The van der Waals surface area contributed by atoms with Crippen molar-refractivity contribution in [1.29, 1.82) is 0 Å². The van der Waals surface area contributed by atoms with Gasteiger partial charge in [-0.1, -0.05) is 31.0 Å². The lowest BCUT2D eigenvalue weighted by atomic mass is 10.1. The van der Waals surface area contributed by atoms with E-state index in [0.717, 1.165) is 44.4 Å². The molecule has 0 radical (unpaired) electrons. The van der Waals surface area contributed by atoms with Gasteiger partial charge in [-0.3, -0.25) is 4.79 Å². The number of aromatic nitrogens is 3. The Balaban J connectivity index is 1.33. The zero-order valence-corrected chi connectivity index (χ0v) is 15.4. The largest absolute Gasteiger partial charge is 0.361 e. The summed E-state index contributed by atoms with van der Waals surface area (Å²) in [6, 6.07) is 8.29. The highest BCUT2D eigenvalue weighted by molar-refractivity contribution is 5.93. The third kappa shape index (κ3) is 4.10. The highest BCUT2D eigenvalue weighted by Gasteiger charge is 2.17. The van der Waals surface area contributed by atoms with Crippen LogP contribution >= 0.6 is 0 Å². The normalized spacial score (nSPS) is 14.9. The van der Waals surface area contributed by atoms with Gasteiger partial charge in [-0.15, -0.1) is 0 Å². The molecular weight excluding hydrogens is 338 g/mol. The summed E-state index contributed by atoms with van der Waals surface area (Å²) in [6.07, 6.45) is 10.8. The number of hydrogen-bond acceptors (Lipinski definition) is 4. The molecule has 1 fully saturated rings. The lowest BCUT2D eigenvalue weighted by molar-refractivity contribution is 0.0761. The summed E-state index contributed by atoms with van der Waals surface area (Å²) in [6.45, 7) is 2.41. The van der Waals surface area contributed by atoms with Crippen LogP contribution in [0.2, 0.25) is 0 Å². The monoisotopic (exact) mass is 363 g/mol. The topological polar surface area (TPSA) is 73.9 Å². The van der Waals surface area contributed by atoms with E-state index in [1.165, 1.54) is 23.8 Å². The van der Waals surface area contributed by atoms with E-state index in [9.17, 15) is 4.79 Å². The standard InChI is InChI=1S/C21H25N5O/c27-20(26-11-5-1-2-6-12-26)17-14-24-21(25-15-17)22-10-9-16-13-23-19-8-4-3-7-18(16)19/h3-4,7-8,13-15,23H,1-2,5-6,9-12H2,(H,22,24,25). The Labute approximate surface area is 159 Å². The Morgan fingerprint density at radius 2 is 1.81 bits per heavy atom. The molecule has 0 unspecified atom stereocenters. The van der Waals surface area contributed by atoms with Crippen LogP contribution in [0.1, 0.15) is 41.6 Å². The second-order valence-electron chi connectivity index (χ2n) is 7.04. The van der Waals surface area contributed by atoms with E-state index in [0.29, 0.717) is 11.5 Å². The Morgan fingerprint density at radius 3 is 2.59 bits per heavy atom. The molecule has 4 rings (SSSR count). The van der Waals surface area contributed by atoms with Gasteiger partial charge in [0.15, 0.2) is 0 Å². The molecule has 6 nitrogen and oxygen atoms in total. The summed E-state index contributed by atoms with van der Waals surface area (Å²) in [5.41, 5.74) is 2.99. The first-order valence-electron chi connectivity index (χ1n) is 9.71. The minimum absolute atomic E-state index is 0.0437. The van der Waals surface area contributed by atoms with Gasteiger partial charge < -0.3 is 15.2 Å². The molecule has 27 heavy (non-hydrogen) atoms. The number of nitrogens with zero attached hydrogens (tertiary/aromatic N) is 3. The molecule has 1 aromatic carbocycles. The summed E-state index contributed by atoms with van der Waals surface area (Å²) in [5, 5.41) is 4.49. The number of benzene rings is 1. The molecule has 3 heterocycles. The SMILES string of the molecule is O=C(c1cnc(NCCc2c[nH]c3ccccc23)nc1)N1CCCCCC1. The number of H-pyrrole nitrogens is 1. The Bertz CT molecular complexity index is 894. The van der Waals surface area contributed by atoms with Crippen LogP contribution in [-0.2, 0) is 6.42 Å². The smallest absolute Gasteiger partial charge is 0.256 e. The van der Waals surface area contributed by atoms with Crippen molar-refractivity contribution in [2.75, 3.05) is 25.0 Å². The fourth-order valence-corrected chi connectivity index (χ4v) is 3.63.